The third-order valence-corrected chi connectivity index (χ3v) is 4.07. The molecule has 0 aliphatic carbocycles. The van der Waals surface area contributed by atoms with Gasteiger partial charge in [0, 0.05) is 13.1 Å². The summed E-state index contributed by atoms with van der Waals surface area (Å²) in [6.45, 7) is 6.41. The van der Waals surface area contributed by atoms with E-state index in [9.17, 15) is 4.79 Å². The summed E-state index contributed by atoms with van der Waals surface area (Å²) in [6.07, 6.45) is 7.35. The first-order valence-corrected chi connectivity index (χ1v) is 7.57. The average Bonchev–Trinajstić information content (AvgIpc) is 2.45. The number of piperidine rings is 2. The number of carbonyl (C=O) groups excluding carboxylic acids is 1. The van der Waals surface area contributed by atoms with E-state index in [0.29, 0.717) is 0 Å². The number of hydrogen-bond acceptors (Lipinski definition) is 3. The maximum atomic E-state index is 11.9. The minimum atomic E-state index is 0.203. The normalized spacial score (nSPS) is 25.9. The first-order chi connectivity index (χ1) is 8.86. The Hall–Kier alpha value is -0.610. The Labute approximate surface area is 110 Å². The van der Waals surface area contributed by atoms with Crippen LogP contribution >= 0.6 is 0 Å². The molecule has 2 rings (SSSR count). The van der Waals surface area contributed by atoms with Gasteiger partial charge in [-0.2, -0.15) is 0 Å². The third-order valence-electron chi connectivity index (χ3n) is 4.07. The molecule has 18 heavy (non-hydrogen) atoms. The van der Waals surface area contributed by atoms with Crippen LogP contribution in [0.15, 0.2) is 0 Å². The highest BCUT2D eigenvalue weighted by atomic mass is 16.1. The Bertz CT molecular complexity index is 245. The molecule has 2 fully saturated rings. The van der Waals surface area contributed by atoms with E-state index in [-0.39, 0.29) is 11.8 Å². The van der Waals surface area contributed by atoms with Crippen molar-refractivity contribution >= 4 is 5.91 Å². The lowest BCUT2D eigenvalue weighted by molar-refractivity contribution is -0.125. The molecule has 2 heterocycles. The van der Waals surface area contributed by atoms with Crippen LogP contribution in [-0.2, 0) is 4.79 Å². The lowest BCUT2D eigenvalue weighted by atomic mass is 9.99. The quantitative estimate of drug-likeness (QED) is 0.718. The summed E-state index contributed by atoms with van der Waals surface area (Å²) in [5.41, 5.74) is 0. The van der Waals surface area contributed by atoms with Crippen LogP contribution in [0.4, 0.5) is 0 Å². The second kappa shape index (κ2) is 7.74. The molecule has 4 nitrogen and oxygen atoms in total. The highest BCUT2D eigenvalue weighted by molar-refractivity contribution is 5.78. The molecule has 1 atom stereocenters. The van der Waals surface area contributed by atoms with Gasteiger partial charge in [-0.1, -0.05) is 6.42 Å². The fourth-order valence-corrected chi connectivity index (χ4v) is 2.92. The maximum Gasteiger partial charge on any atom is 0.224 e. The van der Waals surface area contributed by atoms with Crippen molar-refractivity contribution in [2.45, 2.75) is 38.5 Å². The minimum Gasteiger partial charge on any atom is -0.356 e. The van der Waals surface area contributed by atoms with Crippen molar-refractivity contribution in [1.82, 2.24) is 15.5 Å². The Kier molecular flexibility index (Phi) is 5.94. The highest BCUT2D eigenvalue weighted by Gasteiger charge is 2.20. The van der Waals surface area contributed by atoms with E-state index < -0.39 is 0 Å². The van der Waals surface area contributed by atoms with Crippen LogP contribution in [0, 0.1) is 5.92 Å². The predicted octanol–water partition coefficient (Wildman–Crippen LogP) is 0.978. The van der Waals surface area contributed by atoms with Crippen molar-refractivity contribution < 1.29 is 4.79 Å². The van der Waals surface area contributed by atoms with Gasteiger partial charge in [0.25, 0.3) is 0 Å². The van der Waals surface area contributed by atoms with Crippen molar-refractivity contribution in [2.75, 3.05) is 39.3 Å². The van der Waals surface area contributed by atoms with Crippen molar-refractivity contribution in [2.24, 2.45) is 5.92 Å². The molecule has 0 aromatic rings. The molecule has 104 valence electrons. The van der Waals surface area contributed by atoms with Crippen molar-refractivity contribution in [3.05, 3.63) is 0 Å². The zero-order chi connectivity index (χ0) is 12.6. The fourth-order valence-electron chi connectivity index (χ4n) is 2.92. The van der Waals surface area contributed by atoms with Crippen LogP contribution in [0.2, 0.25) is 0 Å². The Morgan fingerprint density at radius 3 is 2.78 bits per heavy atom. The van der Waals surface area contributed by atoms with Crippen LogP contribution in [0.25, 0.3) is 0 Å². The molecule has 0 spiro atoms. The second-order valence-corrected chi connectivity index (χ2v) is 5.59. The van der Waals surface area contributed by atoms with Gasteiger partial charge >= 0.3 is 0 Å². The Morgan fingerprint density at radius 2 is 2.06 bits per heavy atom. The molecule has 2 saturated heterocycles. The first kappa shape index (κ1) is 13.8. The number of hydrogen-bond donors (Lipinski definition) is 2. The first-order valence-electron chi connectivity index (χ1n) is 7.57. The molecule has 4 heteroatoms. The predicted molar refractivity (Wildman–Crippen MR) is 73.5 cm³/mol. The Morgan fingerprint density at radius 1 is 1.22 bits per heavy atom. The summed E-state index contributed by atoms with van der Waals surface area (Å²) >= 11 is 0. The topological polar surface area (TPSA) is 44.4 Å². The summed E-state index contributed by atoms with van der Waals surface area (Å²) in [5, 5.41) is 6.38. The number of carbonyl (C=O) groups is 1. The van der Waals surface area contributed by atoms with Crippen LogP contribution in [-0.4, -0.2) is 50.1 Å². The second-order valence-electron chi connectivity index (χ2n) is 5.59. The van der Waals surface area contributed by atoms with E-state index in [1.165, 1.54) is 32.4 Å². The number of amides is 1. The van der Waals surface area contributed by atoms with Gasteiger partial charge in [0.1, 0.15) is 0 Å². The van der Waals surface area contributed by atoms with Crippen LogP contribution in [0.3, 0.4) is 0 Å². The Balaban J connectivity index is 1.52. The summed E-state index contributed by atoms with van der Waals surface area (Å²) in [5.74, 6) is 0.453. The minimum absolute atomic E-state index is 0.203. The number of nitrogens with one attached hydrogen (secondary N) is 2. The van der Waals surface area contributed by atoms with Crippen LogP contribution in [0.1, 0.15) is 38.5 Å². The molecular weight excluding hydrogens is 226 g/mol. The molecule has 0 radical (unpaired) electrons. The van der Waals surface area contributed by atoms with E-state index in [1.54, 1.807) is 0 Å². The molecule has 2 aliphatic heterocycles. The van der Waals surface area contributed by atoms with E-state index in [1.807, 2.05) is 0 Å². The molecule has 1 amide bonds. The van der Waals surface area contributed by atoms with E-state index in [4.69, 9.17) is 0 Å². The van der Waals surface area contributed by atoms with Crippen molar-refractivity contribution in [3.8, 4) is 0 Å². The van der Waals surface area contributed by atoms with Gasteiger partial charge in [-0.05, 0) is 58.3 Å². The molecule has 2 aliphatic rings. The molecule has 0 aromatic carbocycles. The van der Waals surface area contributed by atoms with E-state index in [2.05, 4.69) is 15.5 Å². The van der Waals surface area contributed by atoms with Gasteiger partial charge in [0.05, 0.1) is 5.92 Å². The van der Waals surface area contributed by atoms with Crippen molar-refractivity contribution in [1.29, 1.82) is 0 Å². The molecule has 0 saturated carbocycles. The van der Waals surface area contributed by atoms with E-state index >= 15 is 0 Å². The molecule has 0 unspecified atom stereocenters. The summed E-state index contributed by atoms with van der Waals surface area (Å²) in [6, 6.07) is 0. The number of likely N-dealkylation sites (tertiary alicyclic amines) is 1. The molecular formula is C14H27N3O. The zero-order valence-corrected chi connectivity index (χ0v) is 11.4. The van der Waals surface area contributed by atoms with Gasteiger partial charge in [0.15, 0.2) is 0 Å². The molecule has 2 N–H and O–H groups in total. The summed E-state index contributed by atoms with van der Waals surface area (Å²) in [4.78, 5) is 14.4. The van der Waals surface area contributed by atoms with Gasteiger partial charge in [-0.25, -0.2) is 0 Å². The lowest BCUT2D eigenvalue weighted by Gasteiger charge is -2.26. The summed E-state index contributed by atoms with van der Waals surface area (Å²) in [7, 11) is 0. The third kappa shape index (κ3) is 4.58. The van der Waals surface area contributed by atoms with Gasteiger partial charge in [-0.3, -0.25) is 4.79 Å². The van der Waals surface area contributed by atoms with Gasteiger partial charge in [-0.15, -0.1) is 0 Å². The zero-order valence-electron chi connectivity index (χ0n) is 11.4. The molecule has 0 aromatic heterocycles. The SMILES string of the molecule is O=C(NCCCN1CCCCC1)[C@H]1CCCNC1. The fraction of sp³-hybridized carbons (Fsp3) is 0.929. The largest absolute Gasteiger partial charge is 0.356 e. The van der Waals surface area contributed by atoms with Crippen LogP contribution in [0.5, 0.6) is 0 Å². The van der Waals surface area contributed by atoms with Crippen LogP contribution < -0.4 is 10.6 Å². The van der Waals surface area contributed by atoms with E-state index in [0.717, 1.165) is 45.4 Å². The number of rotatable bonds is 5. The summed E-state index contributed by atoms with van der Waals surface area (Å²) < 4.78 is 0. The molecule has 0 bridgehead atoms. The van der Waals surface area contributed by atoms with Crippen molar-refractivity contribution in [3.63, 3.8) is 0 Å². The van der Waals surface area contributed by atoms with Gasteiger partial charge in [0.2, 0.25) is 5.91 Å². The van der Waals surface area contributed by atoms with Gasteiger partial charge < -0.3 is 15.5 Å². The number of nitrogens with zero attached hydrogens (tertiary/aromatic N) is 1. The monoisotopic (exact) mass is 253 g/mol. The highest BCUT2D eigenvalue weighted by Crippen LogP contribution is 2.10. The smallest absolute Gasteiger partial charge is 0.224 e. The standard InChI is InChI=1S/C14H27N3O/c18-14(13-6-4-7-15-12-13)16-8-5-11-17-9-2-1-3-10-17/h13,15H,1-12H2,(H,16,18)/t13-/m0/s1. The average molecular weight is 253 g/mol. The maximum absolute atomic E-state index is 11.9. The lowest BCUT2D eigenvalue weighted by Crippen LogP contribution is -2.41.